The van der Waals surface area contributed by atoms with Crippen molar-refractivity contribution >= 4 is 41.5 Å². The number of benzene rings is 1. The largest absolute Gasteiger partial charge is 0.355 e. The topological polar surface area (TPSA) is 55.1 Å². The number of carbonyl (C=O) groups is 1. The van der Waals surface area contributed by atoms with Crippen molar-refractivity contribution in [2.75, 3.05) is 13.1 Å². The molecule has 0 radical (unpaired) electrons. The number of nitrogens with two attached hydrogens (primary N) is 1. The molecule has 0 aliphatic heterocycles. The van der Waals surface area contributed by atoms with Gasteiger partial charge in [0, 0.05) is 23.1 Å². The molecule has 1 aromatic carbocycles. The van der Waals surface area contributed by atoms with Crippen molar-refractivity contribution in [3.63, 3.8) is 0 Å². The first-order chi connectivity index (χ1) is 7.15. The molecule has 0 aromatic heterocycles. The van der Waals surface area contributed by atoms with E-state index < -0.39 is 0 Å². The van der Waals surface area contributed by atoms with Crippen LogP contribution in [0.4, 0.5) is 0 Å². The Bertz CT molecular complexity index is 338. The van der Waals surface area contributed by atoms with Crippen LogP contribution in [0.2, 0.25) is 10.0 Å². The molecule has 0 heterocycles. The molecule has 90 valence electrons. The van der Waals surface area contributed by atoms with E-state index in [1.165, 1.54) is 0 Å². The summed E-state index contributed by atoms with van der Waals surface area (Å²) in [5.41, 5.74) is 5.91. The summed E-state index contributed by atoms with van der Waals surface area (Å²) in [7, 11) is 0. The summed E-state index contributed by atoms with van der Waals surface area (Å²) in [4.78, 5) is 11.4. The lowest BCUT2D eigenvalue weighted by Crippen LogP contribution is -2.30. The quantitative estimate of drug-likeness (QED) is 0.888. The standard InChI is InChI=1S/C10H12Cl2N2O.ClH/c11-8-2-1-3-9(12)7(8)6-10(15)14-5-4-13;/h1-3H,4-6,13H2,(H,14,15);1H. The minimum absolute atomic E-state index is 0. The van der Waals surface area contributed by atoms with Gasteiger partial charge in [-0.15, -0.1) is 12.4 Å². The van der Waals surface area contributed by atoms with Gasteiger partial charge in [-0.25, -0.2) is 0 Å². The summed E-state index contributed by atoms with van der Waals surface area (Å²) in [6.07, 6.45) is 0.179. The number of hydrogen-bond acceptors (Lipinski definition) is 2. The third kappa shape index (κ3) is 4.58. The van der Waals surface area contributed by atoms with E-state index in [1.807, 2.05) is 0 Å². The molecule has 6 heteroatoms. The molecule has 0 spiro atoms. The van der Waals surface area contributed by atoms with Crippen LogP contribution in [0.1, 0.15) is 5.56 Å². The molecule has 0 atom stereocenters. The van der Waals surface area contributed by atoms with E-state index in [9.17, 15) is 4.79 Å². The van der Waals surface area contributed by atoms with E-state index >= 15 is 0 Å². The van der Waals surface area contributed by atoms with Gasteiger partial charge in [-0.3, -0.25) is 4.79 Å². The summed E-state index contributed by atoms with van der Waals surface area (Å²) >= 11 is 11.8. The van der Waals surface area contributed by atoms with Crippen molar-refractivity contribution in [3.05, 3.63) is 33.8 Å². The van der Waals surface area contributed by atoms with Crippen molar-refractivity contribution < 1.29 is 4.79 Å². The lowest BCUT2D eigenvalue weighted by atomic mass is 10.1. The number of amides is 1. The SMILES string of the molecule is Cl.NCCNC(=O)Cc1c(Cl)cccc1Cl. The van der Waals surface area contributed by atoms with E-state index in [1.54, 1.807) is 18.2 Å². The van der Waals surface area contributed by atoms with Gasteiger partial charge in [-0.2, -0.15) is 0 Å². The summed E-state index contributed by atoms with van der Waals surface area (Å²) < 4.78 is 0. The average molecular weight is 284 g/mol. The van der Waals surface area contributed by atoms with E-state index in [4.69, 9.17) is 28.9 Å². The normalized spacial score (nSPS) is 9.44. The van der Waals surface area contributed by atoms with Crippen LogP contribution < -0.4 is 11.1 Å². The van der Waals surface area contributed by atoms with Gasteiger partial charge in [0.15, 0.2) is 0 Å². The summed E-state index contributed by atoms with van der Waals surface area (Å²) in [5.74, 6) is -0.129. The van der Waals surface area contributed by atoms with Crippen molar-refractivity contribution in [3.8, 4) is 0 Å². The molecule has 1 aromatic rings. The Labute approximate surface area is 111 Å². The molecule has 0 aliphatic carbocycles. The molecule has 3 N–H and O–H groups in total. The molecule has 0 unspecified atom stereocenters. The minimum Gasteiger partial charge on any atom is -0.355 e. The number of nitrogens with one attached hydrogen (secondary N) is 1. The fourth-order valence-corrected chi connectivity index (χ4v) is 1.67. The molecule has 3 nitrogen and oxygen atoms in total. The first-order valence-corrected chi connectivity index (χ1v) is 5.30. The van der Waals surface area contributed by atoms with E-state index in [2.05, 4.69) is 5.32 Å². The Balaban J connectivity index is 0.00000225. The molecular formula is C10H13Cl3N2O. The van der Waals surface area contributed by atoms with Gasteiger partial charge in [0.2, 0.25) is 5.91 Å². The Morgan fingerprint density at radius 2 is 1.88 bits per heavy atom. The first kappa shape index (κ1) is 15.5. The van der Waals surface area contributed by atoms with Gasteiger partial charge < -0.3 is 11.1 Å². The third-order valence-electron chi connectivity index (χ3n) is 1.87. The van der Waals surface area contributed by atoms with Gasteiger partial charge in [0.25, 0.3) is 0 Å². The molecule has 0 fully saturated rings. The zero-order chi connectivity index (χ0) is 11.3. The molecule has 0 saturated heterocycles. The zero-order valence-corrected chi connectivity index (χ0v) is 10.8. The lowest BCUT2D eigenvalue weighted by Gasteiger charge is -2.07. The second-order valence-electron chi connectivity index (χ2n) is 3.02. The highest BCUT2D eigenvalue weighted by atomic mass is 35.5. The molecule has 0 saturated carbocycles. The Morgan fingerprint density at radius 1 is 1.31 bits per heavy atom. The Morgan fingerprint density at radius 3 is 2.38 bits per heavy atom. The van der Waals surface area contributed by atoms with Gasteiger partial charge in [0.1, 0.15) is 0 Å². The van der Waals surface area contributed by atoms with Gasteiger partial charge in [-0.1, -0.05) is 29.3 Å². The van der Waals surface area contributed by atoms with Crippen LogP contribution in [0.15, 0.2) is 18.2 Å². The van der Waals surface area contributed by atoms with Crippen molar-refractivity contribution in [2.45, 2.75) is 6.42 Å². The highest BCUT2D eigenvalue weighted by molar-refractivity contribution is 6.36. The van der Waals surface area contributed by atoms with Crippen LogP contribution in [-0.2, 0) is 11.2 Å². The van der Waals surface area contributed by atoms with Crippen molar-refractivity contribution in [2.24, 2.45) is 5.73 Å². The number of halogens is 3. The fraction of sp³-hybridized carbons (Fsp3) is 0.300. The van der Waals surface area contributed by atoms with Gasteiger partial charge in [-0.05, 0) is 17.7 Å². The predicted molar refractivity (Wildman–Crippen MR) is 69.5 cm³/mol. The molecule has 0 bridgehead atoms. The van der Waals surface area contributed by atoms with Crippen LogP contribution in [0.3, 0.4) is 0 Å². The summed E-state index contributed by atoms with van der Waals surface area (Å²) in [6.45, 7) is 0.878. The maximum atomic E-state index is 11.4. The van der Waals surface area contributed by atoms with Crippen LogP contribution in [0, 0.1) is 0 Å². The number of carbonyl (C=O) groups excluding carboxylic acids is 1. The predicted octanol–water partition coefficient (Wildman–Crippen LogP) is 2.03. The molecule has 1 rings (SSSR count). The van der Waals surface area contributed by atoms with Gasteiger partial charge in [0.05, 0.1) is 6.42 Å². The summed E-state index contributed by atoms with van der Waals surface area (Å²) in [6, 6.07) is 5.16. The zero-order valence-electron chi connectivity index (χ0n) is 8.50. The Kier molecular flexibility index (Phi) is 7.51. The minimum atomic E-state index is -0.129. The average Bonchev–Trinajstić information content (AvgIpc) is 2.21. The maximum absolute atomic E-state index is 11.4. The van der Waals surface area contributed by atoms with Crippen molar-refractivity contribution in [1.82, 2.24) is 5.32 Å². The number of hydrogen-bond donors (Lipinski definition) is 2. The third-order valence-corrected chi connectivity index (χ3v) is 2.57. The second kappa shape index (κ2) is 7.74. The first-order valence-electron chi connectivity index (χ1n) is 4.55. The summed E-state index contributed by atoms with van der Waals surface area (Å²) in [5, 5.41) is 3.66. The van der Waals surface area contributed by atoms with Crippen LogP contribution in [-0.4, -0.2) is 19.0 Å². The van der Waals surface area contributed by atoms with E-state index in [-0.39, 0.29) is 24.7 Å². The highest BCUT2D eigenvalue weighted by Gasteiger charge is 2.09. The fourth-order valence-electron chi connectivity index (χ4n) is 1.14. The van der Waals surface area contributed by atoms with E-state index in [0.29, 0.717) is 28.7 Å². The van der Waals surface area contributed by atoms with Crippen LogP contribution >= 0.6 is 35.6 Å². The number of rotatable bonds is 4. The lowest BCUT2D eigenvalue weighted by molar-refractivity contribution is -0.120. The Hall–Kier alpha value is -0.480. The smallest absolute Gasteiger partial charge is 0.224 e. The maximum Gasteiger partial charge on any atom is 0.224 e. The second-order valence-corrected chi connectivity index (χ2v) is 3.83. The highest BCUT2D eigenvalue weighted by Crippen LogP contribution is 2.24. The molecular weight excluding hydrogens is 270 g/mol. The molecule has 16 heavy (non-hydrogen) atoms. The van der Waals surface area contributed by atoms with Crippen LogP contribution in [0.5, 0.6) is 0 Å². The van der Waals surface area contributed by atoms with Crippen LogP contribution in [0.25, 0.3) is 0 Å². The molecule has 0 aliphatic rings. The molecule has 1 amide bonds. The van der Waals surface area contributed by atoms with Gasteiger partial charge >= 0.3 is 0 Å². The monoisotopic (exact) mass is 282 g/mol. The van der Waals surface area contributed by atoms with Crippen molar-refractivity contribution in [1.29, 1.82) is 0 Å². The van der Waals surface area contributed by atoms with E-state index in [0.717, 1.165) is 0 Å².